The number of rotatable bonds is 1. The highest BCUT2D eigenvalue weighted by Crippen LogP contribution is 2.51. The van der Waals surface area contributed by atoms with Crippen LogP contribution in [0.2, 0.25) is 0 Å². The molecule has 0 aromatic carbocycles. The van der Waals surface area contributed by atoms with E-state index in [1.165, 1.54) is 0 Å². The van der Waals surface area contributed by atoms with Crippen molar-refractivity contribution in [2.24, 2.45) is 17.3 Å². The molecule has 0 heterocycles. The van der Waals surface area contributed by atoms with E-state index in [1.54, 1.807) is 6.92 Å². The van der Waals surface area contributed by atoms with Gasteiger partial charge in [-0.3, -0.25) is 4.79 Å². The van der Waals surface area contributed by atoms with Gasteiger partial charge in [-0.2, -0.15) is 0 Å². The molecule has 0 aromatic heterocycles. The van der Waals surface area contributed by atoms with Gasteiger partial charge in [0.05, 0.1) is 0 Å². The van der Waals surface area contributed by atoms with Crippen molar-refractivity contribution in [1.82, 2.24) is 0 Å². The van der Waals surface area contributed by atoms with Crippen molar-refractivity contribution in [3.05, 3.63) is 0 Å². The van der Waals surface area contributed by atoms with E-state index in [2.05, 4.69) is 19.8 Å². The third kappa shape index (κ3) is 1.07. The molecule has 0 N–H and O–H groups in total. The molecule has 0 unspecified atom stereocenters. The summed E-state index contributed by atoms with van der Waals surface area (Å²) < 4.78 is 0. The van der Waals surface area contributed by atoms with Crippen molar-refractivity contribution in [3.8, 4) is 12.3 Å². The normalized spacial score (nSPS) is 33.6. The lowest BCUT2D eigenvalue weighted by Crippen LogP contribution is -2.47. The molecule has 60 valence electrons. The topological polar surface area (TPSA) is 17.1 Å². The Hall–Kier alpha value is -0.770. The summed E-state index contributed by atoms with van der Waals surface area (Å²) in [5, 5.41) is 0. The summed E-state index contributed by atoms with van der Waals surface area (Å²) in [6.45, 7) is 5.80. The van der Waals surface area contributed by atoms with E-state index in [9.17, 15) is 4.79 Å². The van der Waals surface area contributed by atoms with Gasteiger partial charge < -0.3 is 0 Å². The van der Waals surface area contributed by atoms with Gasteiger partial charge in [0.1, 0.15) is 5.78 Å². The molecular weight excluding hydrogens is 136 g/mol. The SMILES string of the molecule is C#C[C@@H]1C[C@@H](C(C)=O)C1(C)C. The first-order valence-corrected chi connectivity index (χ1v) is 3.96. The van der Waals surface area contributed by atoms with Gasteiger partial charge in [0.25, 0.3) is 0 Å². The Morgan fingerprint density at radius 3 is 2.45 bits per heavy atom. The number of carbonyl (C=O) groups excluding carboxylic acids is 1. The third-order valence-corrected chi connectivity index (χ3v) is 2.96. The average Bonchev–Trinajstić information content (AvgIpc) is 1.85. The Bertz CT molecular complexity index is 220. The van der Waals surface area contributed by atoms with Crippen LogP contribution in [0.15, 0.2) is 0 Å². The van der Waals surface area contributed by atoms with Crippen LogP contribution in [-0.4, -0.2) is 5.78 Å². The summed E-state index contributed by atoms with van der Waals surface area (Å²) in [5.74, 6) is 3.50. The number of Topliss-reactive ketones (excluding diaryl/α,β-unsaturated/α-hetero) is 1. The maximum absolute atomic E-state index is 11.0. The van der Waals surface area contributed by atoms with Gasteiger partial charge in [-0.1, -0.05) is 13.8 Å². The smallest absolute Gasteiger partial charge is 0.133 e. The monoisotopic (exact) mass is 150 g/mol. The first-order valence-electron chi connectivity index (χ1n) is 3.96. The predicted octanol–water partition coefficient (Wildman–Crippen LogP) is 1.87. The lowest BCUT2D eigenvalue weighted by atomic mass is 9.54. The molecule has 1 aliphatic carbocycles. The molecule has 0 aliphatic heterocycles. The molecule has 0 aromatic rings. The van der Waals surface area contributed by atoms with Gasteiger partial charge in [0.2, 0.25) is 0 Å². The molecule has 1 rings (SSSR count). The highest BCUT2D eigenvalue weighted by molar-refractivity contribution is 5.80. The van der Waals surface area contributed by atoms with Crippen LogP contribution < -0.4 is 0 Å². The molecule has 0 bridgehead atoms. The molecule has 1 fully saturated rings. The quantitative estimate of drug-likeness (QED) is 0.521. The van der Waals surface area contributed by atoms with E-state index >= 15 is 0 Å². The fourth-order valence-corrected chi connectivity index (χ4v) is 1.90. The van der Waals surface area contributed by atoms with Gasteiger partial charge in [0.15, 0.2) is 0 Å². The molecule has 2 atom stereocenters. The van der Waals surface area contributed by atoms with Crippen molar-refractivity contribution < 1.29 is 4.79 Å². The van der Waals surface area contributed by atoms with Crippen LogP contribution in [0.4, 0.5) is 0 Å². The van der Waals surface area contributed by atoms with Gasteiger partial charge in [0, 0.05) is 11.8 Å². The largest absolute Gasteiger partial charge is 0.300 e. The van der Waals surface area contributed by atoms with E-state index in [4.69, 9.17) is 6.42 Å². The number of hydrogen-bond acceptors (Lipinski definition) is 1. The molecule has 1 heteroatoms. The van der Waals surface area contributed by atoms with E-state index < -0.39 is 0 Å². The zero-order valence-corrected chi connectivity index (χ0v) is 7.35. The van der Waals surface area contributed by atoms with Crippen LogP contribution in [0.1, 0.15) is 27.2 Å². The summed E-state index contributed by atoms with van der Waals surface area (Å²) in [7, 11) is 0. The average molecular weight is 150 g/mol. The molecular formula is C10H14O. The lowest BCUT2D eigenvalue weighted by molar-refractivity contribution is -0.132. The minimum Gasteiger partial charge on any atom is -0.300 e. The first-order chi connectivity index (χ1) is 5.00. The van der Waals surface area contributed by atoms with Crippen LogP contribution >= 0.6 is 0 Å². The maximum Gasteiger partial charge on any atom is 0.133 e. The van der Waals surface area contributed by atoms with Gasteiger partial charge >= 0.3 is 0 Å². The van der Waals surface area contributed by atoms with Crippen LogP contribution in [-0.2, 0) is 4.79 Å². The predicted molar refractivity (Wildman–Crippen MR) is 44.9 cm³/mol. The molecule has 0 spiro atoms. The minimum atomic E-state index is 0.0422. The van der Waals surface area contributed by atoms with Gasteiger partial charge in [-0.05, 0) is 18.8 Å². The second kappa shape index (κ2) is 2.37. The zero-order valence-electron chi connectivity index (χ0n) is 7.35. The molecule has 0 radical (unpaired) electrons. The Balaban J connectivity index is 2.70. The summed E-state index contributed by atoms with van der Waals surface area (Å²) in [6.07, 6.45) is 6.20. The molecule has 0 saturated heterocycles. The van der Waals surface area contributed by atoms with E-state index in [0.29, 0.717) is 5.92 Å². The van der Waals surface area contributed by atoms with Crippen molar-refractivity contribution >= 4 is 5.78 Å². The Morgan fingerprint density at radius 2 is 2.18 bits per heavy atom. The summed E-state index contributed by atoms with van der Waals surface area (Å²) in [5.41, 5.74) is 0.0422. The second-order valence-corrected chi connectivity index (χ2v) is 3.94. The summed E-state index contributed by atoms with van der Waals surface area (Å²) in [6, 6.07) is 0. The van der Waals surface area contributed by atoms with Gasteiger partial charge in [-0.15, -0.1) is 12.3 Å². The second-order valence-electron chi connectivity index (χ2n) is 3.94. The summed E-state index contributed by atoms with van der Waals surface area (Å²) >= 11 is 0. The van der Waals surface area contributed by atoms with Crippen LogP contribution in [0.25, 0.3) is 0 Å². The Kier molecular flexibility index (Phi) is 1.80. The highest BCUT2D eigenvalue weighted by atomic mass is 16.1. The van der Waals surface area contributed by atoms with Crippen molar-refractivity contribution in [2.75, 3.05) is 0 Å². The molecule has 1 nitrogen and oxygen atoms in total. The fraction of sp³-hybridized carbons (Fsp3) is 0.700. The maximum atomic E-state index is 11.0. The number of carbonyl (C=O) groups is 1. The molecule has 1 saturated carbocycles. The van der Waals surface area contributed by atoms with E-state index in [1.807, 2.05) is 0 Å². The van der Waals surface area contributed by atoms with E-state index in [-0.39, 0.29) is 17.1 Å². The number of hydrogen-bond donors (Lipinski definition) is 0. The highest BCUT2D eigenvalue weighted by Gasteiger charge is 2.49. The molecule has 0 amide bonds. The summed E-state index contributed by atoms with van der Waals surface area (Å²) in [4.78, 5) is 11.0. The van der Waals surface area contributed by atoms with Crippen LogP contribution in [0.3, 0.4) is 0 Å². The fourth-order valence-electron chi connectivity index (χ4n) is 1.90. The number of terminal acetylenes is 1. The van der Waals surface area contributed by atoms with E-state index in [0.717, 1.165) is 6.42 Å². The first kappa shape index (κ1) is 8.33. The van der Waals surface area contributed by atoms with Crippen molar-refractivity contribution in [2.45, 2.75) is 27.2 Å². The molecule has 11 heavy (non-hydrogen) atoms. The number of ketones is 1. The van der Waals surface area contributed by atoms with Crippen molar-refractivity contribution in [1.29, 1.82) is 0 Å². The standard InChI is InChI=1S/C10H14O/c1-5-8-6-9(7(2)11)10(8,3)4/h1,8-9H,6H2,2-4H3/t8-,9+/m1/s1. The van der Waals surface area contributed by atoms with Crippen LogP contribution in [0.5, 0.6) is 0 Å². The lowest BCUT2D eigenvalue weighted by Gasteiger charge is -2.48. The minimum absolute atomic E-state index is 0.0422. The Morgan fingerprint density at radius 1 is 1.64 bits per heavy atom. The zero-order chi connectivity index (χ0) is 8.65. The van der Waals surface area contributed by atoms with Crippen molar-refractivity contribution in [3.63, 3.8) is 0 Å². The Labute approximate surface area is 68.2 Å². The molecule has 1 aliphatic rings. The van der Waals surface area contributed by atoms with Gasteiger partial charge in [-0.25, -0.2) is 0 Å². The van der Waals surface area contributed by atoms with Crippen LogP contribution in [0, 0.1) is 29.6 Å². The third-order valence-electron chi connectivity index (χ3n) is 2.96.